The first-order valence-electron chi connectivity index (χ1n) is 6.30. The van der Waals surface area contributed by atoms with Crippen molar-refractivity contribution in [3.63, 3.8) is 0 Å². The van der Waals surface area contributed by atoms with Gasteiger partial charge in [0.15, 0.2) is 0 Å². The molecule has 2 rings (SSSR count). The Kier molecular flexibility index (Phi) is 3.73. The average Bonchev–Trinajstić information content (AvgIpc) is 2.37. The molecule has 1 aromatic rings. The summed E-state index contributed by atoms with van der Waals surface area (Å²) in [6.45, 7) is 5.21. The Labute approximate surface area is 121 Å². The highest BCUT2D eigenvalue weighted by Gasteiger charge is 2.44. The Morgan fingerprint density at radius 3 is 2.65 bits per heavy atom. The highest BCUT2D eigenvalue weighted by Crippen LogP contribution is 2.25. The van der Waals surface area contributed by atoms with E-state index in [1.54, 1.807) is 26.8 Å². The highest BCUT2D eigenvalue weighted by molar-refractivity contribution is 6.30. The third-order valence-electron chi connectivity index (χ3n) is 3.54. The number of hydrogen-bond acceptors (Lipinski definition) is 2. The largest absolute Gasteiger partial charge is 0.343 e. The summed E-state index contributed by atoms with van der Waals surface area (Å²) in [5.74, 6) is -0.890. The molecule has 0 aromatic heterocycles. The van der Waals surface area contributed by atoms with Crippen LogP contribution in [0.4, 0.5) is 4.39 Å². The summed E-state index contributed by atoms with van der Waals surface area (Å²) < 4.78 is 13.2. The Morgan fingerprint density at radius 2 is 2.05 bits per heavy atom. The van der Waals surface area contributed by atoms with Gasteiger partial charge in [0.25, 0.3) is 0 Å². The standard InChI is InChI=1S/C14H16ClFN2O2/c1-8-12(19)18(14(2,3)13(20)17-8)7-9-4-5-11(16)10(15)6-9/h4-6,8H,7H2,1-3H3,(H,17,20). The molecule has 0 bridgehead atoms. The lowest BCUT2D eigenvalue weighted by atomic mass is 9.95. The minimum Gasteiger partial charge on any atom is -0.343 e. The lowest BCUT2D eigenvalue weighted by molar-refractivity contribution is -0.155. The molecule has 4 nitrogen and oxygen atoms in total. The maximum absolute atomic E-state index is 13.2. The fourth-order valence-corrected chi connectivity index (χ4v) is 2.37. The zero-order chi connectivity index (χ0) is 15.1. The van der Waals surface area contributed by atoms with Crippen molar-refractivity contribution in [1.29, 1.82) is 0 Å². The number of benzene rings is 1. The van der Waals surface area contributed by atoms with Crippen molar-refractivity contribution in [1.82, 2.24) is 10.2 Å². The van der Waals surface area contributed by atoms with E-state index in [2.05, 4.69) is 5.32 Å². The normalized spacial score (nSPS) is 21.9. The van der Waals surface area contributed by atoms with Gasteiger partial charge in [-0.25, -0.2) is 4.39 Å². The van der Waals surface area contributed by atoms with E-state index < -0.39 is 17.4 Å². The predicted octanol–water partition coefficient (Wildman–Crippen LogP) is 2.10. The molecule has 0 radical (unpaired) electrons. The van der Waals surface area contributed by atoms with Gasteiger partial charge in [0, 0.05) is 6.54 Å². The van der Waals surface area contributed by atoms with Crippen molar-refractivity contribution < 1.29 is 14.0 Å². The molecular formula is C14H16ClFN2O2. The lowest BCUT2D eigenvalue weighted by Gasteiger charge is -2.43. The first kappa shape index (κ1) is 14.8. The Morgan fingerprint density at radius 1 is 1.40 bits per heavy atom. The number of nitrogens with zero attached hydrogens (tertiary/aromatic N) is 1. The first-order valence-corrected chi connectivity index (χ1v) is 6.67. The summed E-state index contributed by atoms with van der Waals surface area (Å²) in [4.78, 5) is 25.7. The third kappa shape index (κ3) is 2.50. The number of carbonyl (C=O) groups is 2. The molecule has 1 N–H and O–H groups in total. The van der Waals surface area contributed by atoms with Crippen LogP contribution in [0.2, 0.25) is 5.02 Å². The Bertz CT molecular complexity index is 574. The molecule has 0 saturated carbocycles. The number of piperazine rings is 1. The van der Waals surface area contributed by atoms with Gasteiger partial charge >= 0.3 is 0 Å². The van der Waals surface area contributed by atoms with Gasteiger partial charge in [-0.3, -0.25) is 9.59 Å². The number of rotatable bonds is 2. The maximum atomic E-state index is 13.2. The summed E-state index contributed by atoms with van der Waals surface area (Å²) in [7, 11) is 0. The molecular weight excluding hydrogens is 283 g/mol. The zero-order valence-electron chi connectivity index (χ0n) is 11.5. The second-order valence-electron chi connectivity index (χ2n) is 5.43. The molecule has 1 aliphatic heterocycles. The molecule has 108 valence electrons. The molecule has 2 amide bonds. The molecule has 1 saturated heterocycles. The number of nitrogens with one attached hydrogen (secondary N) is 1. The van der Waals surface area contributed by atoms with Crippen molar-refractivity contribution in [2.75, 3.05) is 0 Å². The quantitative estimate of drug-likeness (QED) is 0.909. The van der Waals surface area contributed by atoms with E-state index in [1.165, 1.54) is 17.0 Å². The monoisotopic (exact) mass is 298 g/mol. The van der Waals surface area contributed by atoms with Gasteiger partial charge in [-0.15, -0.1) is 0 Å². The minimum atomic E-state index is -0.954. The van der Waals surface area contributed by atoms with E-state index in [1.807, 2.05) is 0 Å². The van der Waals surface area contributed by atoms with E-state index >= 15 is 0 Å². The van der Waals surface area contributed by atoms with Crippen LogP contribution in [0.1, 0.15) is 26.3 Å². The molecule has 0 spiro atoms. The predicted molar refractivity (Wildman–Crippen MR) is 73.6 cm³/mol. The Balaban J connectivity index is 2.31. The van der Waals surface area contributed by atoms with Gasteiger partial charge in [0.05, 0.1) is 5.02 Å². The summed E-state index contributed by atoms with van der Waals surface area (Å²) >= 11 is 5.74. The van der Waals surface area contributed by atoms with Crippen molar-refractivity contribution in [2.45, 2.75) is 38.9 Å². The van der Waals surface area contributed by atoms with Gasteiger partial charge < -0.3 is 10.2 Å². The van der Waals surface area contributed by atoms with Crippen LogP contribution < -0.4 is 5.32 Å². The van der Waals surface area contributed by atoms with E-state index in [-0.39, 0.29) is 23.4 Å². The number of amides is 2. The smallest absolute Gasteiger partial charge is 0.246 e. The van der Waals surface area contributed by atoms with Crippen LogP contribution in [0.5, 0.6) is 0 Å². The molecule has 1 atom stereocenters. The summed E-state index contributed by atoms with van der Waals surface area (Å²) in [6, 6.07) is 3.72. The molecule has 1 aromatic carbocycles. The van der Waals surface area contributed by atoms with Gasteiger partial charge in [-0.05, 0) is 38.5 Å². The summed E-state index contributed by atoms with van der Waals surface area (Å²) in [5.41, 5.74) is -0.274. The minimum absolute atomic E-state index is 0.00210. The number of hydrogen-bond donors (Lipinski definition) is 1. The SMILES string of the molecule is CC1NC(=O)C(C)(C)N(Cc2ccc(F)c(Cl)c2)C1=O. The zero-order valence-corrected chi connectivity index (χ0v) is 12.3. The van der Waals surface area contributed by atoms with E-state index in [4.69, 9.17) is 11.6 Å². The molecule has 6 heteroatoms. The first-order chi connectivity index (χ1) is 9.23. The number of halogens is 2. The second kappa shape index (κ2) is 5.05. The molecule has 20 heavy (non-hydrogen) atoms. The van der Waals surface area contributed by atoms with Crippen LogP contribution in [0.3, 0.4) is 0 Å². The van der Waals surface area contributed by atoms with Gasteiger partial charge in [0.1, 0.15) is 17.4 Å². The fraction of sp³-hybridized carbons (Fsp3) is 0.429. The average molecular weight is 299 g/mol. The van der Waals surface area contributed by atoms with Crippen LogP contribution >= 0.6 is 11.6 Å². The van der Waals surface area contributed by atoms with Crippen molar-refractivity contribution in [2.24, 2.45) is 0 Å². The molecule has 1 unspecified atom stereocenters. The van der Waals surface area contributed by atoms with E-state index in [0.29, 0.717) is 5.56 Å². The summed E-state index contributed by atoms with van der Waals surface area (Å²) in [5, 5.41) is 2.64. The van der Waals surface area contributed by atoms with Crippen LogP contribution in [0.15, 0.2) is 18.2 Å². The van der Waals surface area contributed by atoms with Gasteiger partial charge in [0.2, 0.25) is 11.8 Å². The number of carbonyl (C=O) groups excluding carboxylic acids is 2. The molecule has 1 fully saturated rings. The van der Waals surface area contributed by atoms with Crippen molar-refractivity contribution >= 4 is 23.4 Å². The van der Waals surface area contributed by atoms with Crippen LogP contribution in [-0.4, -0.2) is 28.3 Å². The van der Waals surface area contributed by atoms with Crippen LogP contribution in [0, 0.1) is 5.82 Å². The van der Waals surface area contributed by atoms with Crippen LogP contribution in [0.25, 0.3) is 0 Å². The van der Waals surface area contributed by atoms with Crippen molar-refractivity contribution in [3.05, 3.63) is 34.6 Å². The lowest BCUT2D eigenvalue weighted by Crippen LogP contribution is -2.67. The summed E-state index contributed by atoms with van der Waals surface area (Å²) in [6.07, 6.45) is 0. The third-order valence-corrected chi connectivity index (χ3v) is 3.83. The molecule has 1 aliphatic rings. The highest BCUT2D eigenvalue weighted by atomic mass is 35.5. The van der Waals surface area contributed by atoms with Crippen molar-refractivity contribution in [3.8, 4) is 0 Å². The van der Waals surface area contributed by atoms with Crippen LogP contribution in [-0.2, 0) is 16.1 Å². The topological polar surface area (TPSA) is 49.4 Å². The van der Waals surface area contributed by atoms with Gasteiger partial charge in [-0.2, -0.15) is 0 Å². The van der Waals surface area contributed by atoms with Gasteiger partial charge in [-0.1, -0.05) is 17.7 Å². The Hall–Kier alpha value is -1.62. The molecule has 0 aliphatic carbocycles. The van der Waals surface area contributed by atoms with E-state index in [0.717, 1.165) is 0 Å². The maximum Gasteiger partial charge on any atom is 0.246 e. The fourth-order valence-electron chi connectivity index (χ4n) is 2.16. The molecule has 1 heterocycles. The van der Waals surface area contributed by atoms with E-state index in [9.17, 15) is 14.0 Å². The second-order valence-corrected chi connectivity index (χ2v) is 5.83.